The van der Waals surface area contributed by atoms with Crippen LogP contribution in [0.3, 0.4) is 0 Å². The van der Waals surface area contributed by atoms with Crippen molar-refractivity contribution in [2.45, 2.75) is 38.8 Å². The second-order valence-corrected chi connectivity index (χ2v) is 5.08. The number of hydrogen-bond acceptors (Lipinski definition) is 3. The first-order valence-electron chi connectivity index (χ1n) is 5.76. The quantitative estimate of drug-likeness (QED) is 0.611. The summed E-state index contributed by atoms with van der Waals surface area (Å²) in [6.07, 6.45) is 0.513. The van der Waals surface area contributed by atoms with Crippen molar-refractivity contribution in [1.82, 2.24) is 5.43 Å². The Hall–Kier alpha value is -0.970. The van der Waals surface area contributed by atoms with E-state index in [0.717, 1.165) is 0 Å². The van der Waals surface area contributed by atoms with Crippen LogP contribution in [0.2, 0.25) is 0 Å². The molecule has 0 saturated heterocycles. The van der Waals surface area contributed by atoms with Gasteiger partial charge in [-0.2, -0.15) is 0 Å². The van der Waals surface area contributed by atoms with Crippen LogP contribution >= 0.6 is 0 Å². The van der Waals surface area contributed by atoms with Gasteiger partial charge in [-0.05, 0) is 38.8 Å². The number of nitrogens with two attached hydrogens (primary N) is 1. The lowest BCUT2D eigenvalue weighted by atomic mass is 10.1. The molecule has 0 aliphatic carbocycles. The molecule has 0 fully saturated rings. The second-order valence-electron chi connectivity index (χ2n) is 5.08. The lowest BCUT2D eigenvalue weighted by Crippen LogP contribution is -2.42. The normalized spacial score (nSPS) is 13.7. The molecule has 17 heavy (non-hydrogen) atoms. The molecule has 1 rings (SSSR count). The third-order valence-corrected chi connectivity index (χ3v) is 2.38. The van der Waals surface area contributed by atoms with Crippen LogP contribution in [0.5, 0.6) is 0 Å². The summed E-state index contributed by atoms with van der Waals surface area (Å²) in [4.78, 5) is 0. The van der Waals surface area contributed by atoms with Crippen molar-refractivity contribution in [2.75, 3.05) is 6.61 Å². The van der Waals surface area contributed by atoms with Crippen molar-refractivity contribution in [2.24, 2.45) is 5.84 Å². The maximum atomic E-state index is 13.5. The van der Waals surface area contributed by atoms with Crippen molar-refractivity contribution < 1.29 is 9.13 Å². The molecule has 0 aliphatic heterocycles. The Bertz CT molecular complexity index is 350. The SMILES string of the molecule is CC(C)(C)OCC(Cc1ccccc1F)NN. The van der Waals surface area contributed by atoms with E-state index in [-0.39, 0.29) is 17.5 Å². The van der Waals surface area contributed by atoms with Crippen LogP contribution in [0.4, 0.5) is 4.39 Å². The summed E-state index contributed by atoms with van der Waals surface area (Å²) >= 11 is 0. The van der Waals surface area contributed by atoms with Gasteiger partial charge < -0.3 is 4.74 Å². The Morgan fingerprint density at radius 3 is 2.53 bits per heavy atom. The minimum atomic E-state index is -0.218. The van der Waals surface area contributed by atoms with E-state index < -0.39 is 0 Å². The van der Waals surface area contributed by atoms with Crippen LogP contribution in [0.25, 0.3) is 0 Å². The standard InChI is InChI=1S/C13H21FN2O/c1-13(2,3)17-9-11(16-15)8-10-6-4-5-7-12(10)14/h4-7,11,16H,8-9,15H2,1-3H3. The number of halogens is 1. The molecule has 0 heterocycles. The van der Waals surface area contributed by atoms with Gasteiger partial charge in [0.2, 0.25) is 0 Å². The number of rotatable bonds is 5. The molecule has 0 spiro atoms. The average molecular weight is 240 g/mol. The van der Waals surface area contributed by atoms with E-state index in [1.165, 1.54) is 6.07 Å². The Labute approximate surface area is 102 Å². The molecule has 0 aromatic heterocycles. The van der Waals surface area contributed by atoms with Gasteiger partial charge >= 0.3 is 0 Å². The van der Waals surface area contributed by atoms with Crippen molar-refractivity contribution >= 4 is 0 Å². The number of hydrazine groups is 1. The van der Waals surface area contributed by atoms with Crippen LogP contribution < -0.4 is 11.3 Å². The minimum absolute atomic E-state index is 0.0916. The lowest BCUT2D eigenvalue weighted by Gasteiger charge is -2.24. The first-order valence-corrected chi connectivity index (χ1v) is 5.76. The fraction of sp³-hybridized carbons (Fsp3) is 0.538. The summed E-state index contributed by atoms with van der Waals surface area (Å²) in [5, 5.41) is 0. The second kappa shape index (κ2) is 6.10. The van der Waals surface area contributed by atoms with Gasteiger partial charge in [0.25, 0.3) is 0 Å². The number of hydrogen-bond donors (Lipinski definition) is 2. The van der Waals surface area contributed by atoms with Gasteiger partial charge in [-0.25, -0.2) is 4.39 Å². The van der Waals surface area contributed by atoms with E-state index in [1.54, 1.807) is 12.1 Å². The zero-order valence-corrected chi connectivity index (χ0v) is 10.7. The summed E-state index contributed by atoms with van der Waals surface area (Å²) in [5.41, 5.74) is 3.09. The summed E-state index contributed by atoms with van der Waals surface area (Å²) in [5.74, 6) is 5.24. The van der Waals surface area contributed by atoms with Crippen LogP contribution in [0, 0.1) is 5.82 Å². The third kappa shape index (κ3) is 5.26. The summed E-state index contributed by atoms with van der Waals surface area (Å²) in [7, 11) is 0. The smallest absolute Gasteiger partial charge is 0.126 e. The molecule has 96 valence electrons. The Morgan fingerprint density at radius 1 is 1.35 bits per heavy atom. The van der Waals surface area contributed by atoms with Gasteiger partial charge in [0.1, 0.15) is 5.82 Å². The average Bonchev–Trinajstić information content (AvgIpc) is 2.25. The van der Waals surface area contributed by atoms with Gasteiger partial charge in [0, 0.05) is 6.04 Å². The molecular formula is C13H21FN2O. The van der Waals surface area contributed by atoms with Crippen LogP contribution in [0.15, 0.2) is 24.3 Å². The fourth-order valence-corrected chi connectivity index (χ4v) is 1.45. The maximum absolute atomic E-state index is 13.5. The van der Waals surface area contributed by atoms with Gasteiger partial charge in [-0.1, -0.05) is 18.2 Å². The van der Waals surface area contributed by atoms with E-state index in [1.807, 2.05) is 26.8 Å². The molecule has 3 nitrogen and oxygen atoms in total. The molecule has 1 unspecified atom stereocenters. The molecule has 0 aliphatic rings. The molecule has 0 bridgehead atoms. The fourth-order valence-electron chi connectivity index (χ4n) is 1.45. The highest BCUT2D eigenvalue weighted by Gasteiger charge is 2.16. The van der Waals surface area contributed by atoms with Gasteiger partial charge in [-0.3, -0.25) is 11.3 Å². The summed E-state index contributed by atoms with van der Waals surface area (Å²) in [6, 6.07) is 6.61. The van der Waals surface area contributed by atoms with Crippen LogP contribution in [-0.2, 0) is 11.2 Å². The number of ether oxygens (including phenoxy) is 1. The predicted octanol–water partition coefficient (Wildman–Crippen LogP) is 2.02. The van der Waals surface area contributed by atoms with Crippen LogP contribution in [0.1, 0.15) is 26.3 Å². The Morgan fingerprint density at radius 2 is 2.00 bits per heavy atom. The highest BCUT2D eigenvalue weighted by molar-refractivity contribution is 5.18. The molecule has 1 aromatic rings. The van der Waals surface area contributed by atoms with Crippen LogP contribution in [-0.4, -0.2) is 18.2 Å². The highest BCUT2D eigenvalue weighted by atomic mass is 19.1. The monoisotopic (exact) mass is 240 g/mol. The van der Waals surface area contributed by atoms with Crippen molar-refractivity contribution in [3.8, 4) is 0 Å². The largest absolute Gasteiger partial charge is 0.374 e. The van der Waals surface area contributed by atoms with E-state index in [4.69, 9.17) is 10.6 Å². The zero-order valence-electron chi connectivity index (χ0n) is 10.7. The van der Waals surface area contributed by atoms with Crippen molar-refractivity contribution in [1.29, 1.82) is 0 Å². The van der Waals surface area contributed by atoms with E-state index in [0.29, 0.717) is 18.6 Å². The molecule has 1 atom stereocenters. The van der Waals surface area contributed by atoms with E-state index in [2.05, 4.69) is 5.43 Å². The zero-order chi connectivity index (χ0) is 12.9. The number of nitrogens with one attached hydrogen (secondary N) is 1. The molecule has 1 aromatic carbocycles. The lowest BCUT2D eigenvalue weighted by molar-refractivity contribution is -0.0144. The van der Waals surface area contributed by atoms with E-state index >= 15 is 0 Å². The van der Waals surface area contributed by atoms with E-state index in [9.17, 15) is 4.39 Å². The molecule has 0 amide bonds. The molecule has 4 heteroatoms. The first kappa shape index (κ1) is 14.1. The maximum Gasteiger partial charge on any atom is 0.126 e. The molecule has 0 saturated carbocycles. The van der Waals surface area contributed by atoms with Gasteiger partial charge in [-0.15, -0.1) is 0 Å². The predicted molar refractivity (Wildman–Crippen MR) is 66.9 cm³/mol. The van der Waals surface area contributed by atoms with Crippen molar-refractivity contribution in [3.63, 3.8) is 0 Å². The van der Waals surface area contributed by atoms with Gasteiger partial charge in [0.05, 0.1) is 12.2 Å². The topological polar surface area (TPSA) is 47.3 Å². The minimum Gasteiger partial charge on any atom is -0.374 e. The molecular weight excluding hydrogens is 219 g/mol. The van der Waals surface area contributed by atoms with Gasteiger partial charge in [0.15, 0.2) is 0 Å². The number of benzene rings is 1. The van der Waals surface area contributed by atoms with Crippen molar-refractivity contribution in [3.05, 3.63) is 35.6 Å². The summed E-state index contributed by atoms with van der Waals surface area (Å²) < 4.78 is 19.1. The first-order chi connectivity index (χ1) is 7.92. The Kier molecular flexibility index (Phi) is 5.05. The summed E-state index contributed by atoms with van der Waals surface area (Å²) in [6.45, 7) is 6.38. The Balaban J connectivity index is 2.56. The third-order valence-electron chi connectivity index (χ3n) is 2.38. The molecule has 0 radical (unpaired) electrons. The highest BCUT2D eigenvalue weighted by Crippen LogP contribution is 2.12. The molecule has 3 N–H and O–H groups in total.